The summed E-state index contributed by atoms with van der Waals surface area (Å²) in [6.07, 6.45) is 1.45. The monoisotopic (exact) mass is 206 g/mol. The number of hydrogen-bond acceptors (Lipinski definition) is 3. The van der Waals surface area contributed by atoms with E-state index >= 15 is 0 Å². The van der Waals surface area contributed by atoms with Gasteiger partial charge in [0.2, 0.25) is 0 Å². The minimum atomic E-state index is -0.204. The van der Waals surface area contributed by atoms with Crippen LogP contribution in [0.5, 0.6) is 0 Å². The number of para-hydroxylation sites is 2. The number of halogens is 1. The fourth-order valence-electron chi connectivity index (χ4n) is 1.16. The maximum Gasteiger partial charge on any atom is 0.197 e. The highest BCUT2D eigenvalue weighted by atomic mass is 35.5. The molecule has 0 aliphatic rings. The Kier molecular flexibility index (Phi) is 2.41. The molecular weight excluding hydrogens is 200 g/mol. The molecule has 0 amide bonds. The van der Waals surface area contributed by atoms with Crippen LogP contribution in [0.4, 0.5) is 0 Å². The van der Waals surface area contributed by atoms with Crippen LogP contribution in [0.2, 0.25) is 0 Å². The quantitative estimate of drug-likeness (QED) is 0.558. The smallest absolute Gasteiger partial charge is 0.197 e. The molecule has 70 valence electrons. The van der Waals surface area contributed by atoms with Crippen LogP contribution in [0, 0.1) is 0 Å². The first-order chi connectivity index (χ1) is 6.81. The highest BCUT2D eigenvalue weighted by Crippen LogP contribution is 2.08. The highest BCUT2D eigenvalue weighted by molar-refractivity contribution is 6.30. The van der Waals surface area contributed by atoms with E-state index in [0.29, 0.717) is 11.2 Å². The summed E-state index contributed by atoms with van der Waals surface area (Å²) in [6.45, 7) is 0. The van der Waals surface area contributed by atoms with E-state index in [-0.39, 0.29) is 11.7 Å². The minimum Gasteiger partial charge on any atom is -0.291 e. The van der Waals surface area contributed by atoms with E-state index < -0.39 is 0 Å². The molecule has 0 saturated heterocycles. The Labute approximate surface area is 85.7 Å². The van der Waals surface area contributed by atoms with E-state index in [0.717, 1.165) is 5.52 Å². The first-order valence-electron chi connectivity index (χ1n) is 4.12. The fraction of sp³-hybridized carbons (Fsp3) is 0.100. The summed E-state index contributed by atoms with van der Waals surface area (Å²) in [6, 6.07) is 7.39. The molecule has 0 N–H and O–H groups in total. The minimum absolute atomic E-state index is 0.0625. The molecule has 0 fully saturated rings. The van der Waals surface area contributed by atoms with Crippen molar-refractivity contribution in [3.8, 4) is 0 Å². The number of hydrogen-bond donors (Lipinski definition) is 0. The van der Waals surface area contributed by atoms with Gasteiger partial charge in [-0.2, -0.15) is 0 Å². The van der Waals surface area contributed by atoms with E-state index in [9.17, 15) is 4.79 Å². The second-order valence-corrected chi connectivity index (χ2v) is 3.07. The van der Waals surface area contributed by atoms with Crippen LogP contribution >= 0.6 is 11.6 Å². The van der Waals surface area contributed by atoms with Gasteiger partial charge in [-0.25, -0.2) is 4.98 Å². The average molecular weight is 207 g/mol. The third-order valence-corrected chi connectivity index (χ3v) is 2.10. The lowest BCUT2D eigenvalue weighted by Gasteiger charge is -1.98. The van der Waals surface area contributed by atoms with Gasteiger partial charge in [0, 0.05) is 0 Å². The predicted molar refractivity (Wildman–Crippen MR) is 54.6 cm³/mol. The van der Waals surface area contributed by atoms with Gasteiger partial charge in [0.25, 0.3) is 0 Å². The summed E-state index contributed by atoms with van der Waals surface area (Å²) in [5, 5.41) is 0. The predicted octanol–water partition coefficient (Wildman–Crippen LogP) is 2.05. The number of rotatable bonds is 2. The molecule has 0 spiro atoms. The molecule has 2 rings (SSSR count). The average Bonchev–Trinajstić information content (AvgIpc) is 2.27. The SMILES string of the molecule is O=C(CCl)c1cnc2ccccc2n1. The number of aromatic nitrogens is 2. The normalized spacial score (nSPS) is 10.4. The molecular formula is C10H7ClN2O. The largest absolute Gasteiger partial charge is 0.291 e. The lowest BCUT2D eigenvalue weighted by Crippen LogP contribution is -2.04. The molecule has 0 aliphatic carbocycles. The molecule has 0 radical (unpaired) electrons. The number of nitrogens with zero attached hydrogens (tertiary/aromatic N) is 2. The third kappa shape index (κ3) is 1.59. The lowest BCUT2D eigenvalue weighted by molar-refractivity contribution is 0.101. The van der Waals surface area contributed by atoms with Crippen molar-refractivity contribution in [2.45, 2.75) is 0 Å². The molecule has 0 aliphatic heterocycles. The van der Waals surface area contributed by atoms with E-state index in [1.54, 1.807) is 0 Å². The Hall–Kier alpha value is -1.48. The van der Waals surface area contributed by atoms with Crippen molar-refractivity contribution in [2.24, 2.45) is 0 Å². The molecule has 3 nitrogen and oxygen atoms in total. The zero-order chi connectivity index (χ0) is 9.97. The maximum absolute atomic E-state index is 11.2. The van der Waals surface area contributed by atoms with Gasteiger partial charge in [-0.15, -0.1) is 11.6 Å². The fourth-order valence-corrected chi connectivity index (χ4v) is 1.30. The van der Waals surface area contributed by atoms with Gasteiger partial charge in [0.05, 0.1) is 23.1 Å². The molecule has 2 aromatic rings. The molecule has 0 bridgehead atoms. The topological polar surface area (TPSA) is 42.9 Å². The summed E-state index contributed by atoms with van der Waals surface area (Å²) in [5.74, 6) is -0.266. The van der Waals surface area contributed by atoms with Gasteiger partial charge >= 0.3 is 0 Å². The zero-order valence-electron chi connectivity index (χ0n) is 7.27. The summed E-state index contributed by atoms with van der Waals surface area (Å²) < 4.78 is 0. The third-order valence-electron chi connectivity index (χ3n) is 1.86. The van der Waals surface area contributed by atoms with Gasteiger partial charge < -0.3 is 0 Å². The Morgan fingerprint density at radius 3 is 2.71 bits per heavy atom. The van der Waals surface area contributed by atoms with Gasteiger partial charge in [0.1, 0.15) is 5.69 Å². The molecule has 0 atom stereocenters. The second kappa shape index (κ2) is 3.72. The standard InChI is InChI=1S/C10H7ClN2O/c11-5-10(14)9-6-12-7-3-1-2-4-8(7)13-9/h1-4,6H,5H2. The van der Waals surface area contributed by atoms with Crippen molar-refractivity contribution in [1.82, 2.24) is 9.97 Å². The van der Waals surface area contributed by atoms with E-state index in [1.807, 2.05) is 24.3 Å². The van der Waals surface area contributed by atoms with Crippen LogP contribution in [-0.4, -0.2) is 21.6 Å². The van der Waals surface area contributed by atoms with Crippen molar-refractivity contribution >= 4 is 28.4 Å². The lowest BCUT2D eigenvalue weighted by atomic mass is 10.2. The Morgan fingerprint density at radius 1 is 1.29 bits per heavy atom. The number of carbonyl (C=O) groups is 1. The Bertz CT molecular complexity index is 484. The van der Waals surface area contributed by atoms with Crippen molar-refractivity contribution in [3.05, 3.63) is 36.2 Å². The molecule has 0 saturated carbocycles. The molecule has 1 heterocycles. The van der Waals surface area contributed by atoms with Crippen LogP contribution in [0.3, 0.4) is 0 Å². The first-order valence-corrected chi connectivity index (χ1v) is 4.65. The second-order valence-electron chi connectivity index (χ2n) is 2.80. The zero-order valence-corrected chi connectivity index (χ0v) is 8.03. The van der Waals surface area contributed by atoms with Crippen molar-refractivity contribution in [2.75, 3.05) is 5.88 Å². The number of benzene rings is 1. The van der Waals surface area contributed by atoms with Crippen LogP contribution in [0.25, 0.3) is 11.0 Å². The molecule has 4 heteroatoms. The molecule has 0 unspecified atom stereocenters. The summed E-state index contributed by atoms with van der Waals surface area (Å²) >= 11 is 5.42. The van der Waals surface area contributed by atoms with Crippen LogP contribution in [-0.2, 0) is 0 Å². The molecule has 14 heavy (non-hydrogen) atoms. The number of Topliss-reactive ketones (excluding diaryl/α,β-unsaturated/α-hetero) is 1. The Balaban J connectivity index is 2.56. The van der Waals surface area contributed by atoms with Gasteiger partial charge in [-0.05, 0) is 12.1 Å². The Morgan fingerprint density at radius 2 is 2.00 bits per heavy atom. The van der Waals surface area contributed by atoms with Gasteiger partial charge in [0.15, 0.2) is 5.78 Å². The van der Waals surface area contributed by atoms with Crippen molar-refractivity contribution in [3.63, 3.8) is 0 Å². The number of alkyl halides is 1. The van der Waals surface area contributed by atoms with Crippen LogP contribution in [0.1, 0.15) is 10.5 Å². The summed E-state index contributed by atoms with van der Waals surface area (Å²) in [7, 11) is 0. The highest BCUT2D eigenvalue weighted by Gasteiger charge is 2.06. The van der Waals surface area contributed by atoms with E-state index in [1.165, 1.54) is 6.20 Å². The van der Waals surface area contributed by atoms with Crippen molar-refractivity contribution in [1.29, 1.82) is 0 Å². The number of fused-ring (bicyclic) bond motifs is 1. The van der Waals surface area contributed by atoms with Crippen molar-refractivity contribution < 1.29 is 4.79 Å². The molecule has 1 aromatic heterocycles. The van der Waals surface area contributed by atoms with E-state index in [4.69, 9.17) is 11.6 Å². The number of carbonyl (C=O) groups excluding carboxylic acids is 1. The van der Waals surface area contributed by atoms with Gasteiger partial charge in [-0.1, -0.05) is 12.1 Å². The number of ketones is 1. The van der Waals surface area contributed by atoms with Gasteiger partial charge in [-0.3, -0.25) is 9.78 Å². The van der Waals surface area contributed by atoms with Crippen LogP contribution in [0.15, 0.2) is 30.5 Å². The first kappa shape index (κ1) is 9.09. The van der Waals surface area contributed by atoms with E-state index in [2.05, 4.69) is 9.97 Å². The summed E-state index contributed by atoms with van der Waals surface area (Å²) in [5.41, 5.74) is 1.81. The summed E-state index contributed by atoms with van der Waals surface area (Å²) in [4.78, 5) is 19.5. The molecule has 1 aromatic carbocycles. The van der Waals surface area contributed by atoms with Crippen LogP contribution < -0.4 is 0 Å². The maximum atomic E-state index is 11.2.